The zero-order valence-electron chi connectivity index (χ0n) is 21.2. The lowest BCUT2D eigenvalue weighted by Gasteiger charge is -2.15. The van der Waals surface area contributed by atoms with E-state index < -0.39 is 0 Å². The molecule has 0 unspecified atom stereocenters. The summed E-state index contributed by atoms with van der Waals surface area (Å²) >= 11 is 1.43. The molecule has 0 N–H and O–H groups in total. The number of benzene rings is 4. The van der Waals surface area contributed by atoms with E-state index in [0.29, 0.717) is 23.2 Å². The van der Waals surface area contributed by atoms with E-state index in [2.05, 4.69) is 44.2 Å². The van der Waals surface area contributed by atoms with Crippen molar-refractivity contribution in [3.05, 3.63) is 113 Å². The molecule has 0 atom stereocenters. The van der Waals surface area contributed by atoms with Crippen molar-refractivity contribution in [1.82, 2.24) is 4.90 Å². The maximum atomic E-state index is 13.8. The first-order valence-electron chi connectivity index (χ1n) is 12.7. The fraction of sp³-hybridized carbons (Fsp3) is 0.188. The van der Waals surface area contributed by atoms with Crippen molar-refractivity contribution in [2.24, 2.45) is 4.99 Å². The largest absolute Gasteiger partial charge is 0.493 e. The van der Waals surface area contributed by atoms with E-state index in [1.807, 2.05) is 66.7 Å². The molecule has 0 bridgehead atoms. The molecule has 0 saturated carbocycles. The second-order valence-electron chi connectivity index (χ2n) is 9.08. The summed E-state index contributed by atoms with van der Waals surface area (Å²) in [5.41, 5.74) is 4.14. The van der Waals surface area contributed by atoms with Crippen LogP contribution in [0.15, 0.2) is 101 Å². The van der Waals surface area contributed by atoms with Gasteiger partial charge in [0.1, 0.15) is 5.75 Å². The van der Waals surface area contributed by atoms with Gasteiger partial charge in [-0.05, 0) is 72.1 Å². The number of amides is 1. The number of amidine groups is 1. The van der Waals surface area contributed by atoms with E-state index in [4.69, 9.17) is 9.73 Å². The summed E-state index contributed by atoms with van der Waals surface area (Å²) in [6, 6.07) is 30.6. The number of fused-ring (bicyclic) bond motifs is 1. The van der Waals surface area contributed by atoms with Crippen LogP contribution in [0.4, 0.5) is 5.69 Å². The molecule has 4 aromatic rings. The van der Waals surface area contributed by atoms with Gasteiger partial charge in [0.05, 0.1) is 17.2 Å². The number of thioether (sulfide) groups is 1. The zero-order chi connectivity index (χ0) is 25.6. The normalized spacial score (nSPS) is 15.7. The lowest BCUT2D eigenvalue weighted by molar-refractivity contribution is -0.122. The zero-order valence-corrected chi connectivity index (χ0v) is 22.0. The van der Waals surface area contributed by atoms with E-state index in [9.17, 15) is 4.79 Å². The summed E-state index contributed by atoms with van der Waals surface area (Å²) in [7, 11) is 0. The van der Waals surface area contributed by atoms with Crippen molar-refractivity contribution in [3.63, 3.8) is 0 Å². The van der Waals surface area contributed by atoms with Crippen molar-refractivity contribution in [3.8, 4) is 5.75 Å². The van der Waals surface area contributed by atoms with Gasteiger partial charge in [0.15, 0.2) is 5.17 Å². The van der Waals surface area contributed by atoms with Crippen molar-refractivity contribution >= 4 is 45.4 Å². The van der Waals surface area contributed by atoms with Crippen LogP contribution in [-0.4, -0.2) is 29.1 Å². The van der Waals surface area contributed by atoms with Crippen molar-refractivity contribution in [2.45, 2.75) is 26.7 Å². The van der Waals surface area contributed by atoms with Gasteiger partial charge >= 0.3 is 0 Å². The summed E-state index contributed by atoms with van der Waals surface area (Å²) in [6.45, 7) is 5.33. The van der Waals surface area contributed by atoms with Crippen molar-refractivity contribution < 1.29 is 9.53 Å². The van der Waals surface area contributed by atoms with E-state index in [1.54, 1.807) is 4.90 Å². The van der Waals surface area contributed by atoms with Crippen LogP contribution >= 0.6 is 11.8 Å². The minimum absolute atomic E-state index is 0.0267. The number of nitrogens with zero attached hydrogens (tertiary/aromatic N) is 2. The second kappa shape index (κ2) is 11.5. The third-order valence-corrected chi connectivity index (χ3v) is 7.29. The second-order valence-corrected chi connectivity index (χ2v) is 10.1. The molecule has 1 heterocycles. The van der Waals surface area contributed by atoms with Gasteiger partial charge in [0.2, 0.25) is 0 Å². The van der Waals surface area contributed by atoms with Gasteiger partial charge in [-0.25, -0.2) is 4.99 Å². The Labute approximate surface area is 222 Å². The van der Waals surface area contributed by atoms with Crippen LogP contribution < -0.4 is 4.74 Å². The third kappa shape index (κ3) is 5.78. The minimum atomic E-state index is -0.0267. The van der Waals surface area contributed by atoms with E-state index >= 15 is 0 Å². The van der Waals surface area contributed by atoms with Gasteiger partial charge < -0.3 is 4.74 Å². The minimum Gasteiger partial charge on any atom is -0.493 e. The molecule has 4 nitrogen and oxygen atoms in total. The van der Waals surface area contributed by atoms with Crippen LogP contribution in [0, 0.1) is 6.92 Å². The van der Waals surface area contributed by atoms with Gasteiger partial charge in [-0.1, -0.05) is 85.3 Å². The molecule has 1 amide bonds. The van der Waals surface area contributed by atoms with Crippen LogP contribution in [0.3, 0.4) is 0 Å². The highest BCUT2D eigenvalue weighted by atomic mass is 32.2. The average molecular weight is 507 g/mol. The molecule has 1 saturated heterocycles. The molecule has 0 spiro atoms. The maximum Gasteiger partial charge on any atom is 0.266 e. The van der Waals surface area contributed by atoms with E-state index in [1.165, 1.54) is 22.9 Å². The molecule has 4 aromatic carbocycles. The average Bonchev–Trinajstić information content (AvgIpc) is 3.22. The summed E-state index contributed by atoms with van der Waals surface area (Å²) < 4.78 is 6.10. The third-order valence-electron chi connectivity index (χ3n) is 6.28. The number of carbonyl (C=O) groups is 1. The summed E-state index contributed by atoms with van der Waals surface area (Å²) in [6.07, 6.45) is 3.65. The first kappa shape index (κ1) is 24.8. The van der Waals surface area contributed by atoms with Gasteiger partial charge in [0, 0.05) is 12.1 Å². The topological polar surface area (TPSA) is 41.9 Å². The summed E-state index contributed by atoms with van der Waals surface area (Å²) in [5, 5.41) is 2.88. The standard InChI is InChI=1S/C32H30N2O2S/c1-3-21-36-29-18-15-25-11-7-8-12-27(25)28(29)22-30-31(35)34(20-19-24-9-5-4-6-10-24)32(37-30)33-26-16-13-23(2)14-17-26/h4-18,22H,3,19-21H2,1-2H3/b30-22+,33-32?. The number of aliphatic imine (C=N–C) groups is 1. The lowest BCUT2D eigenvalue weighted by atomic mass is 10.0. The van der Waals surface area contributed by atoms with Crippen molar-refractivity contribution in [2.75, 3.05) is 13.2 Å². The number of aryl methyl sites for hydroxylation is 1. The Morgan fingerprint density at radius 1 is 0.919 bits per heavy atom. The molecule has 5 heteroatoms. The first-order valence-corrected chi connectivity index (χ1v) is 13.5. The lowest BCUT2D eigenvalue weighted by Crippen LogP contribution is -2.31. The highest BCUT2D eigenvalue weighted by molar-refractivity contribution is 8.18. The van der Waals surface area contributed by atoms with Crippen LogP contribution in [0.5, 0.6) is 5.75 Å². The smallest absolute Gasteiger partial charge is 0.266 e. The molecule has 1 aliphatic rings. The molecule has 37 heavy (non-hydrogen) atoms. The van der Waals surface area contributed by atoms with Crippen LogP contribution in [0.2, 0.25) is 0 Å². The molecule has 0 radical (unpaired) electrons. The number of ether oxygens (including phenoxy) is 1. The van der Waals surface area contributed by atoms with Gasteiger partial charge in [0.25, 0.3) is 5.91 Å². The Morgan fingerprint density at radius 3 is 2.46 bits per heavy atom. The van der Waals surface area contributed by atoms with E-state index in [-0.39, 0.29) is 5.91 Å². The molecule has 1 fully saturated rings. The number of carbonyl (C=O) groups excluding carboxylic acids is 1. The van der Waals surface area contributed by atoms with Crippen molar-refractivity contribution in [1.29, 1.82) is 0 Å². The Kier molecular flexibility index (Phi) is 7.71. The number of hydrogen-bond acceptors (Lipinski definition) is 4. The quantitative estimate of drug-likeness (QED) is 0.229. The predicted octanol–water partition coefficient (Wildman–Crippen LogP) is 7.78. The monoisotopic (exact) mass is 506 g/mol. The Hall–Kier alpha value is -3.83. The molecular formula is C32H30N2O2S. The fourth-order valence-electron chi connectivity index (χ4n) is 4.30. The molecular weight excluding hydrogens is 476 g/mol. The summed E-state index contributed by atoms with van der Waals surface area (Å²) in [4.78, 5) is 21.1. The predicted molar refractivity (Wildman–Crippen MR) is 155 cm³/mol. The summed E-state index contributed by atoms with van der Waals surface area (Å²) in [5.74, 6) is 0.766. The first-order chi connectivity index (χ1) is 18.1. The Bertz CT molecular complexity index is 1460. The Morgan fingerprint density at radius 2 is 1.68 bits per heavy atom. The van der Waals surface area contributed by atoms with Crippen LogP contribution in [0.25, 0.3) is 16.8 Å². The van der Waals surface area contributed by atoms with E-state index in [0.717, 1.165) is 40.6 Å². The molecule has 1 aliphatic heterocycles. The highest BCUT2D eigenvalue weighted by Gasteiger charge is 2.33. The molecule has 0 aromatic heterocycles. The SMILES string of the molecule is CCCOc1ccc2ccccc2c1/C=C1/SC(=Nc2ccc(C)cc2)N(CCc2ccccc2)C1=O. The fourth-order valence-corrected chi connectivity index (χ4v) is 5.30. The molecule has 186 valence electrons. The van der Waals surface area contributed by atoms with Crippen LogP contribution in [-0.2, 0) is 11.2 Å². The van der Waals surface area contributed by atoms with Gasteiger partial charge in [-0.15, -0.1) is 0 Å². The molecule has 5 rings (SSSR count). The highest BCUT2D eigenvalue weighted by Crippen LogP contribution is 2.38. The number of rotatable bonds is 8. The Balaban J connectivity index is 1.54. The van der Waals surface area contributed by atoms with Crippen LogP contribution in [0.1, 0.15) is 30.0 Å². The van der Waals surface area contributed by atoms with Gasteiger partial charge in [-0.3, -0.25) is 9.69 Å². The van der Waals surface area contributed by atoms with Gasteiger partial charge in [-0.2, -0.15) is 0 Å². The number of hydrogen-bond donors (Lipinski definition) is 0. The molecule has 0 aliphatic carbocycles. The maximum absolute atomic E-state index is 13.8.